The van der Waals surface area contributed by atoms with Crippen LogP contribution in [0.4, 0.5) is 30.2 Å². The monoisotopic (exact) mass is 403 g/mol. The van der Waals surface area contributed by atoms with Gasteiger partial charge in [0.05, 0.1) is 0 Å². The van der Waals surface area contributed by atoms with Crippen LogP contribution in [-0.2, 0) is 0 Å². The van der Waals surface area contributed by atoms with Crippen LogP contribution < -0.4 is 14.2 Å². The van der Waals surface area contributed by atoms with E-state index in [1.54, 1.807) is 0 Å². The highest BCUT2D eigenvalue weighted by Crippen LogP contribution is 2.31. The summed E-state index contributed by atoms with van der Waals surface area (Å²) >= 11 is 0. The lowest BCUT2D eigenvalue weighted by Crippen LogP contribution is -2.69. The minimum absolute atomic E-state index is 0.0665. The van der Waals surface area contributed by atoms with Gasteiger partial charge in [-0.25, -0.2) is 0 Å². The van der Waals surface area contributed by atoms with E-state index in [0.717, 1.165) is 17.1 Å². The lowest BCUT2D eigenvalue weighted by molar-refractivity contribution is -0.130. The smallest absolute Gasteiger partial charge is 0.388 e. The zero-order valence-corrected chi connectivity index (χ0v) is 16.3. The molecule has 148 valence electrons. The second-order valence-electron chi connectivity index (χ2n) is 7.09. The molecule has 0 bridgehead atoms. The van der Waals surface area contributed by atoms with Crippen LogP contribution in [-0.4, -0.2) is 28.3 Å². The Kier molecular flexibility index (Phi) is 5.97. The maximum atomic E-state index is 13.1. The summed E-state index contributed by atoms with van der Waals surface area (Å²) in [5.74, 6) is 0. The van der Waals surface area contributed by atoms with Crippen molar-refractivity contribution in [2.75, 3.05) is 14.2 Å². The van der Waals surface area contributed by atoms with Gasteiger partial charge in [0.15, 0.2) is 0 Å². The number of hydrogen-bond acceptors (Lipinski definition) is 3. The van der Waals surface area contributed by atoms with Crippen molar-refractivity contribution in [3.8, 4) is 0 Å². The van der Waals surface area contributed by atoms with E-state index in [2.05, 4.69) is 0 Å². The van der Waals surface area contributed by atoms with Crippen LogP contribution in [0.15, 0.2) is 91.0 Å². The van der Waals surface area contributed by atoms with Crippen molar-refractivity contribution in [3.05, 3.63) is 91.0 Å². The SMILES string of the molecule is FC(F)(F)CCB1N(c2ccccc2)[B]N(c2ccccc2)[B]N1c1ccccc1. The molecule has 1 heterocycles. The highest BCUT2D eigenvalue weighted by molar-refractivity contribution is 6.94. The van der Waals surface area contributed by atoms with Gasteiger partial charge in [0.2, 0.25) is 0 Å². The molecule has 0 amide bonds. The van der Waals surface area contributed by atoms with Crippen molar-refractivity contribution in [2.45, 2.75) is 18.9 Å². The predicted molar refractivity (Wildman–Crippen MR) is 120 cm³/mol. The second-order valence-corrected chi connectivity index (χ2v) is 7.09. The molecule has 0 aliphatic carbocycles. The van der Waals surface area contributed by atoms with Gasteiger partial charge in [0.25, 0.3) is 0 Å². The molecule has 3 aromatic carbocycles. The summed E-state index contributed by atoms with van der Waals surface area (Å²) in [5.41, 5.74) is 2.59. The summed E-state index contributed by atoms with van der Waals surface area (Å²) in [7, 11) is 3.73. The Bertz CT molecular complexity index is 880. The second kappa shape index (κ2) is 8.82. The minimum atomic E-state index is -4.22. The average Bonchev–Trinajstić information content (AvgIpc) is 2.78. The van der Waals surface area contributed by atoms with Crippen molar-refractivity contribution in [3.63, 3.8) is 0 Å². The number of hydrogen-bond donors (Lipinski definition) is 0. The van der Waals surface area contributed by atoms with Crippen molar-refractivity contribution < 1.29 is 13.2 Å². The summed E-state index contributed by atoms with van der Waals surface area (Å²) in [6, 6.07) is 28.7. The zero-order valence-electron chi connectivity index (χ0n) is 16.3. The van der Waals surface area contributed by atoms with Gasteiger partial charge in [0, 0.05) is 23.5 Å². The van der Waals surface area contributed by atoms with Crippen molar-refractivity contribution in [2.24, 2.45) is 0 Å². The molecule has 1 aliphatic heterocycles. The third kappa shape index (κ3) is 4.78. The maximum Gasteiger partial charge on any atom is 0.388 e. The number of nitrogens with zero attached hydrogens (tertiary/aromatic N) is 3. The van der Waals surface area contributed by atoms with Gasteiger partial charge in [-0.15, -0.1) is 0 Å². The quantitative estimate of drug-likeness (QED) is 0.554. The molecule has 0 N–H and O–H groups in total. The molecule has 3 nitrogen and oxygen atoms in total. The molecule has 0 atom stereocenters. The fourth-order valence-electron chi connectivity index (χ4n) is 3.57. The van der Waals surface area contributed by atoms with Crippen molar-refractivity contribution >= 4 is 39.1 Å². The van der Waals surface area contributed by atoms with Crippen LogP contribution in [0, 0.1) is 0 Å². The molecule has 0 spiro atoms. The van der Waals surface area contributed by atoms with E-state index in [0.29, 0.717) is 0 Å². The van der Waals surface area contributed by atoms with E-state index in [9.17, 15) is 13.2 Å². The highest BCUT2D eigenvalue weighted by Gasteiger charge is 2.42. The molecule has 2 radical (unpaired) electrons. The molecule has 0 aromatic heterocycles. The third-order valence-corrected chi connectivity index (χ3v) is 4.99. The molecule has 0 saturated carbocycles. The Labute approximate surface area is 176 Å². The molecular weight excluding hydrogens is 384 g/mol. The largest absolute Gasteiger partial charge is 0.431 e. The van der Waals surface area contributed by atoms with E-state index >= 15 is 0 Å². The van der Waals surface area contributed by atoms with Crippen LogP contribution >= 0.6 is 0 Å². The molecular formula is C21H19B3F3N3. The first kappa shape index (κ1) is 20.3. The molecule has 1 saturated heterocycles. The van der Waals surface area contributed by atoms with Gasteiger partial charge in [-0.2, -0.15) is 13.2 Å². The number of anilines is 3. The molecule has 1 aliphatic rings. The number of rotatable bonds is 5. The Morgan fingerprint density at radius 1 is 0.633 bits per heavy atom. The molecule has 9 heteroatoms. The van der Waals surface area contributed by atoms with Gasteiger partial charge in [-0.1, -0.05) is 54.6 Å². The van der Waals surface area contributed by atoms with Gasteiger partial charge in [-0.3, -0.25) is 0 Å². The molecule has 0 unspecified atom stereocenters. The molecule has 30 heavy (non-hydrogen) atoms. The van der Waals surface area contributed by atoms with Gasteiger partial charge in [-0.05, 0) is 42.7 Å². The first-order chi connectivity index (χ1) is 14.5. The number of benzene rings is 3. The van der Waals surface area contributed by atoms with E-state index in [4.69, 9.17) is 0 Å². The highest BCUT2D eigenvalue weighted by atomic mass is 19.4. The summed E-state index contributed by atoms with van der Waals surface area (Å²) < 4.78 is 45.2. The molecule has 3 aromatic rings. The summed E-state index contributed by atoms with van der Waals surface area (Å²) in [6.07, 6.45) is -5.15. The first-order valence-corrected chi connectivity index (χ1v) is 9.78. The Morgan fingerprint density at radius 2 is 1.03 bits per heavy atom. The fourth-order valence-corrected chi connectivity index (χ4v) is 3.57. The summed E-state index contributed by atoms with van der Waals surface area (Å²) in [5, 5.41) is 0. The number of halogens is 3. The standard InChI is InChI=1S/C21H19B3F3N3/c25-21(26,27)16-17-24-29(19-12-6-2-7-13-19)22-28(18-10-4-1-5-11-18)23-30(24)20-14-8-3-9-15-20/h1-15H,16-17H2. The lowest BCUT2D eigenvalue weighted by Gasteiger charge is -2.48. The topological polar surface area (TPSA) is 9.72 Å². The normalized spacial score (nSPS) is 14.4. The minimum Gasteiger partial charge on any atom is -0.431 e. The predicted octanol–water partition coefficient (Wildman–Crippen LogP) is 5.03. The van der Waals surface area contributed by atoms with Crippen LogP contribution in [0.5, 0.6) is 0 Å². The van der Waals surface area contributed by atoms with Gasteiger partial charge < -0.3 is 14.2 Å². The van der Waals surface area contributed by atoms with Crippen molar-refractivity contribution in [1.82, 2.24) is 0 Å². The van der Waals surface area contributed by atoms with Gasteiger partial charge in [0.1, 0.15) is 0 Å². The molecule has 4 rings (SSSR count). The average molecular weight is 403 g/mol. The van der Waals surface area contributed by atoms with Gasteiger partial charge >= 0.3 is 28.3 Å². The Hall–Kier alpha value is -2.96. The van der Waals surface area contributed by atoms with Crippen molar-refractivity contribution in [1.29, 1.82) is 0 Å². The summed E-state index contributed by atoms with van der Waals surface area (Å²) in [4.78, 5) is 0. The fraction of sp³-hybridized carbons (Fsp3) is 0.143. The van der Waals surface area contributed by atoms with E-state index in [-0.39, 0.29) is 6.32 Å². The van der Waals surface area contributed by atoms with Crippen LogP contribution in [0.3, 0.4) is 0 Å². The summed E-state index contributed by atoms with van der Waals surface area (Å²) in [6.45, 7) is -0.517. The third-order valence-electron chi connectivity index (χ3n) is 4.99. The Balaban J connectivity index is 1.74. The zero-order chi connectivity index (χ0) is 21.0. The lowest BCUT2D eigenvalue weighted by atomic mass is 9.54. The Morgan fingerprint density at radius 3 is 1.43 bits per heavy atom. The number of alkyl halides is 3. The van der Waals surface area contributed by atoms with E-state index in [1.165, 1.54) is 0 Å². The van der Waals surface area contributed by atoms with Crippen LogP contribution in [0.1, 0.15) is 6.42 Å². The van der Waals surface area contributed by atoms with Crippen LogP contribution in [0.2, 0.25) is 6.32 Å². The van der Waals surface area contributed by atoms with E-state index in [1.807, 2.05) is 120 Å². The number of para-hydroxylation sites is 3. The maximum absolute atomic E-state index is 13.1. The van der Waals surface area contributed by atoms with E-state index < -0.39 is 19.6 Å². The molecule has 1 fully saturated rings. The first-order valence-electron chi connectivity index (χ1n) is 9.78. The van der Waals surface area contributed by atoms with Crippen LogP contribution in [0.25, 0.3) is 0 Å².